The Bertz CT molecular complexity index is 1180. The van der Waals surface area contributed by atoms with E-state index in [4.69, 9.17) is 13.6 Å². The van der Waals surface area contributed by atoms with Crippen LogP contribution in [0, 0.1) is 0 Å². The summed E-state index contributed by atoms with van der Waals surface area (Å²) >= 11 is 0. The van der Waals surface area contributed by atoms with Crippen LogP contribution in [0.5, 0.6) is 5.75 Å². The lowest BCUT2D eigenvalue weighted by Gasteiger charge is -2.31. The standard InChI is InChI=1S/C20H14N2O4/c23-20-18(10-15-9-14-5-8-24-16(14)11-17(15)26-20)25-12-22-7-2-4-13-3-1-6-21-19(13)22/h1-11,19H,12H2. The van der Waals surface area contributed by atoms with Crippen LogP contribution in [0.4, 0.5) is 0 Å². The van der Waals surface area contributed by atoms with E-state index in [0.29, 0.717) is 11.2 Å². The molecule has 6 nitrogen and oxygen atoms in total. The van der Waals surface area contributed by atoms with E-state index in [9.17, 15) is 4.79 Å². The van der Waals surface area contributed by atoms with Crippen LogP contribution in [0.2, 0.25) is 0 Å². The van der Waals surface area contributed by atoms with Crippen LogP contribution < -0.4 is 10.4 Å². The Balaban J connectivity index is 1.43. The molecule has 2 aliphatic rings. The second kappa shape index (κ2) is 5.77. The van der Waals surface area contributed by atoms with Crippen molar-refractivity contribution in [1.29, 1.82) is 0 Å². The van der Waals surface area contributed by atoms with Gasteiger partial charge in [0.1, 0.15) is 17.3 Å². The molecule has 3 aromatic rings. The van der Waals surface area contributed by atoms with Crippen molar-refractivity contribution in [2.24, 2.45) is 4.99 Å². The Kier molecular flexibility index (Phi) is 3.28. The zero-order valence-electron chi connectivity index (χ0n) is 13.7. The van der Waals surface area contributed by atoms with Crippen LogP contribution in [0.3, 0.4) is 0 Å². The second-order valence-corrected chi connectivity index (χ2v) is 6.07. The summed E-state index contributed by atoms with van der Waals surface area (Å²) in [6.07, 6.45) is 13.0. The number of hydrogen-bond acceptors (Lipinski definition) is 6. The fourth-order valence-corrected chi connectivity index (χ4v) is 3.14. The highest BCUT2D eigenvalue weighted by molar-refractivity contribution is 5.93. The highest BCUT2D eigenvalue weighted by Gasteiger charge is 2.21. The van der Waals surface area contributed by atoms with Crippen LogP contribution in [0.25, 0.3) is 21.9 Å². The molecule has 1 aromatic carbocycles. The minimum atomic E-state index is -0.521. The molecular formula is C20H14N2O4. The summed E-state index contributed by atoms with van der Waals surface area (Å²) in [4.78, 5) is 18.6. The third kappa shape index (κ3) is 2.43. The molecule has 0 bridgehead atoms. The topological polar surface area (TPSA) is 68.2 Å². The van der Waals surface area contributed by atoms with Crippen molar-refractivity contribution >= 4 is 28.2 Å². The van der Waals surface area contributed by atoms with E-state index in [2.05, 4.69) is 4.99 Å². The van der Waals surface area contributed by atoms with Crippen LogP contribution in [0.1, 0.15) is 0 Å². The highest BCUT2D eigenvalue weighted by atomic mass is 16.5. The number of rotatable bonds is 3. The lowest BCUT2D eigenvalue weighted by Crippen LogP contribution is -2.36. The van der Waals surface area contributed by atoms with Crippen molar-refractivity contribution in [3.8, 4) is 5.75 Å². The molecule has 0 fully saturated rings. The minimum absolute atomic E-state index is 0.136. The third-order valence-corrected chi connectivity index (χ3v) is 4.42. The lowest BCUT2D eigenvalue weighted by atomic mass is 10.1. The van der Waals surface area contributed by atoms with Gasteiger partial charge in [-0.25, -0.2) is 4.79 Å². The van der Waals surface area contributed by atoms with Crippen molar-refractivity contribution in [2.45, 2.75) is 6.17 Å². The summed E-state index contributed by atoms with van der Waals surface area (Å²) in [7, 11) is 0. The first-order chi connectivity index (χ1) is 12.8. The maximum Gasteiger partial charge on any atom is 0.379 e. The number of benzene rings is 1. The smallest absolute Gasteiger partial charge is 0.379 e. The molecule has 2 aromatic heterocycles. The third-order valence-electron chi connectivity index (χ3n) is 4.42. The Morgan fingerprint density at radius 1 is 1.15 bits per heavy atom. The van der Waals surface area contributed by atoms with Crippen LogP contribution in [0.15, 0.2) is 85.2 Å². The second-order valence-electron chi connectivity index (χ2n) is 6.07. The number of furan rings is 1. The highest BCUT2D eigenvalue weighted by Crippen LogP contribution is 2.26. The summed E-state index contributed by atoms with van der Waals surface area (Å²) in [5, 5.41) is 1.72. The maximum atomic E-state index is 12.3. The predicted molar refractivity (Wildman–Crippen MR) is 98.2 cm³/mol. The van der Waals surface area contributed by atoms with Crippen molar-refractivity contribution < 1.29 is 13.6 Å². The Morgan fingerprint density at radius 3 is 3.08 bits per heavy atom. The van der Waals surface area contributed by atoms with Gasteiger partial charge in [0.15, 0.2) is 6.73 Å². The zero-order valence-corrected chi connectivity index (χ0v) is 13.7. The first-order valence-electron chi connectivity index (χ1n) is 8.20. The molecule has 1 atom stereocenters. The number of aliphatic imine (C=N–C) groups is 1. The van der Waals surface area contributed by atoms with E-state index in [1.165, 1.54) is 0 Å². The average molecular weight is 346 g/mol. The molecule has 0 radical (unpaired) electrons. The van der Waals surface area contributed by atoms with E-state index in [0.717, 1.165) is 16.3 Å². The Labute approximate surface area is 148 Å². The molecule has 5 rings (SSSR count). The number of nitrogens with zero attached hydrogens (tertiary/aromatic N) is 2. The first-order valence-corrected chi connectivity index (χ1v) is 8.20. The van der Waals surface area contributed by atoms with Crippen molar-refractivity contribution in [2.75, 3.05) is 6.73 Å². The van der Waals surface area contributed by atoms with Gasteiger partial charge in [-0.3, -0.25) is 4.99 Å². The molecule has 0 spiro atoms. The lowest BCUT2D eigenvalue weighted by molar-refractivity contribution is 0.143. The van der Waals surface area contributed by atoms with Crippen molar-refractivity contribution in [3.05, 3.63) is 77.0 Å². The maximum absolute atomic E-state index is 12.3. The summed E-state index contributed by atoms with van der Waals surface area (Å²) < 4.78 is 16.5. The summed E-state index contributed by atoms with van der Waals surface area (Å²) in [5.41, 5.74) is 1.70. The molecular weight excluding hydrogens is 332 g/mol. The largest absolute Gasteiger partial charge is 0.465 e. The molecule has 128 valence electrons. The monoisotopic (exact) mass is 346 g/mol. The number of hydrogen-bond donors (Lipinski definition) is 0. The van der Waals surface area contributed by atoms with Gasteiger partial charge in [0.05, 0.1) is 6.26 Å². The molecule has 2 aliphatic heterocycles. The van der Waals surface area contributed by atoms with Gasteiger partial charge in [-0.1, -0.05) is 12.2 Å². The number of fused-ring (bicyclic) bond motifs is 3. The van der Waals surface area contributed by atoms with Crippen LogP contribution >= 0.6 is 0 Å². The molecule has 26 heavy (non-hydrogen) atoms. The van der Waals surface area contributed by atoms with E-state index >= 15 is 0 Å². The van der Waals surface area contributed by atoms with Crippen molar-refractivity contribution in [3.63, 3.8) is 0 Å². The summed E-state index contributed by atoms with van der Waals surface area (Å²) in [6.45, 7) is 0.188. The fraction of sp³-hybridized carbons (Fsp3) is 0.100. The number of allylic oxidation sites excluding steroid dienone is 3. The molecule has 0 amide bonds. The molecule has 6 heteroatoms. The Morgan fingerprint density at radius 2 is 2.12 bits per heavy atom. The molecule has 0 saturated heterocycles. The quantitative estimate of drug-likeness (QED) is 0.678. The van der Waals surface area contributed by atoms with Crippen LogP contribution in [-0.4, -0.2) is 24.0 Å². The van der Waals surface area contributed by atoms with Crippen LogP contribution in [-0.2, 0) is 0 Å². The molecule has 0 aliphatic carbocycles. The van der Waals surface area contributed by atoms with Gasteiger partial charge in [0, 0.05) is 29.3 Å². The predicted octanol–water partition coefficient (Wildman–Crippen LogP) is 3.60. The molecule has 1 unspecified atom stereocenters. The van der Waals surface area contributed by atoms with Gasteiger partial charge in [0.25, 0.3) is 0 Å². The number of ether oxygens (including phenoxy) is 1. The first kappa shape index (κ1) is 14.8. The average Bonchev–Trinajstić information content (AvgIpc) is 3.12. The minimum Gasteiger partial charge on any atom is -0.465 e. The van der Waals surface area contributed by atoms with E-state index < -0.39 is 5.63 Å². The Hall–Kier alpha value is -3.54. The van der Waals surface area contributed by atoms with Crippen molar-refractivity contribution in [1.82, 2.24) is 4.90 Å². The summed E-state index contributed by atoms with van der Waals surface area (Å²) in [6, 6.07) is 7.18. The molecule has 4 heterocycles. The van der Waals surface area contributed by atoms with E-state index in [-0.39, 0.29) is 18.6 Å². The van der Waals surface area contributed by atoms with Gasteiger partial charge >= 0.3 is 5.63 Å². The molecule has 0 N–H and O–H groups in total. The fourth-order valence-electron chi connectivity index (χ4n) is 3.14. The SMILES string of the molecule is O=c1oc2cc3occc3cc2cc1OCN1C=CC=C2C=CC=NC21. The normalized spacial score (nSPS) is 18.4. The summed E-state index contributed by atoms with van der Waals surface area (Å²) in [5.74, 6) is 0.167. The van der Waals surface area contributed by atoms with E-state index in [1.807, 2.05) is 47.5 Å². The van der Waals surface area contributed by atoms with Gasteiger partial charge in [0.2, 0.25) is 5.75 Å². The van der Waals surface area contributed by atoms with Gasteiger partial charge in [-0.2, -0.15) is 0 Å². The van der Waals surface area contributed by atoms with E-state index in [1.54, 1.807) is 24.6 Å². The van der Waals surface area contributed by atoms with Gasteiger partial charge in [-0.05, 0) is 35.9 Å². The molecule has 0 saturated carbocycles. The zero-order chi connectivity index (χ0) is 17.5. The van der Waals surface area contributed by atoms with Gasteiger partial charge < -0.3 is 18.5 Å². The number of dihydropyridines is 1. The van der Waals surface area contributed by atoms with Gasteiger partial charge in [-0.15, -0.1) is 0 Å².